The van der Waals surface area contributed by atoms with Gasteiger partial charge in [-0.15, -0.1) is 0 Å². The van der Waals surface area contributed by atoms with Crippen molar-refractivity contribution in [3.05, 3.63) is 0 Å². The molecule has 0 spiro atoms. The number of amides is 1. The van der Waals surface area contributed by atoms with Crippen LogP contribution in [-0.4, -0.2) is 41.5 Å². The average molecular weight is 273 g/mol. The fourth-order valence-corrected chi connectivity index (χ4v) is 1.73. The lowest BCUT2D eigenvalue weighted by Crippen LogP contribution is -2.50. The molecule has 0 saturated heterocycles. The molecule has 1 rings (SSSR count). The first-order valence-corrected chi connectivity index (χ1v) is 6.59. The fourth-order valence-electron chi connectivity index (χ4n) is 1.73. The van der Waals surface area contributed by atoms with Crippen LogP contribution >= 0.6 is 0 Å². The molecule has 6 nitrogen and oxygen atoms in total. The van der Waals surface area contributed by atoms with Gasteiger partial charge >= 0.3 is 12.1 Å². The van der Waals surface area contributed by atoms with Crippen molar-refractivity contribution in [2.75, 3.05) is 6.61 Å². The van der Waals surface area contributed by atoms with Gasteiger partial charge in [0.1, 0.15) is 5.60 Å². The highest BCUT2D eigenvalue weighted by molar-refractivity contribution is 5.77. The van der Waals surface area contributed by atoms with Crippen molar-refractivity contribution in [2.24, 2.45) is 5.92 Å². The molecule has 110 valence electrons. The Morgan fingerprint density at radius 2 is 1.95 bits per heavy atom. The van der Waals surface area contributed by atoms with Gasteiger partial charge in [-0.3, -0.25) is 0 Å². The normalized spacial score (nSPS) is 18.4. The molecule has 1 saturated carbocycles. The van der Waals surface area contributed by atoms with Gasteiger partial charge in [-0.05, 0) is 46.5 Å². The third-order valence-electron chi connectivity index (χ3n) is 2.68. The van der Waals surface area contributed by atoms with Crippen LogP contribution in [0.5, 0.6) is 0 Å². The summed E-state index contributed by atoms with van der Waals surface area (Å²) < 4.78 is 9.89. The first-order chi connectivity index (χ1) is 8.74. The van der Waals surface area contributed by atoms with Gasteiger partial charge in [-0.2, -0.15) is 0 Å². The van der Waals surface area contributed by atoms with E-state index in [9.17, 15) is 14.7 Å². The van der Waals surface area contributed by atoms with E-state index in [4.69, 9.17) is 9.47 Å². The number of nitrogens with one attached hydrogen (secondary N) is 1. The molecule has 0 heterocycles. The second kappa shape index (κ2) is 6.23. The van der Waals surface area contributed by atoms with Gasteiger partial charge in [0.05, 0.1) is 12.6 Å². The van der Waals surface area contributed by atoms with Crippen molar-refractivity contribution in [1.82, 2.24) is 5.32 Å². The number of esters is 1. The molecule has 1 aliphatic rings. The van der Waals surface area contributed by atoms with E-state index in [1.807, 2.05) is 0 Å². The molecule has 1 aliphatic carbocycles. The van der Waals surface area contributed by atoms with Gasteiger partial charge in [0.25, 0.3) is 0 Å². The summed E-state index contributed by atoms with van der Waals surface area (Å²) in [6, 6.07) is -0.645. The van der Waals surface area contributed by atoms with E-state index in [2.05, 4.69) is 5.32 Å². The van der Waals surface area contributed by atoms with E-state index in [-0.39, 0.29) is 12.5 Å². The van der Waals surface area contributed by atoms with E-state index in [1.165, 1.54) is 0 Å². The Kier molecular flexibility index (Phi) is 5.17. The number of alkyl carbamates (subject to hydrolysis) is 1. The minimum atomic E-state index is -1.35. The van der Waals surface area contributed by atoms with E-state index in [0.29, 0.717) is 0 Å². The van der Waals surface area contributed by atoms with Gasteiger partial charge in [-0.25, -0.2) is 9.59 Å². The zero-order chi connectivity index (χ0) is 14.6. The van der Waals surface area contributed by atoms with Gasteiger partial charge in [0.15, 0.2) is 6.10 Å². The highest BCUT2D eigenvalue weighted by atomic mass is 16.6. The molecule has 1 amide bonds. The Balaban J connectivity index is 2.58. The average Bonchev–Trinajstić information content (AvgIpc) is 3.06. The van der Waals surface area contributed by atoms with Crippen LogP contribution in [0.4, 0.5) is 4.79 Å². The summed E-state index contributed by atoms with van der Waals surface area (Å²) in [5, 5.41) is 12.5. The van der Waals surface area contributed by atoms with E-state index < -0.39 is 29.8 Å². The SMILES string of the molecule is CCOC(=O)[C@@H](O)[C@@H](NC(=O)OC(C)(C)C)C1CC1. The number of carbonyl (C=O) groups is 2. The molecule has 1 fully saturated rings. The van der Waals surface area contributed by atoms with Crippen molar-refractivity contribution in [3.8, 4) is 0 Å². The molecular formula is C13H23NO5. The van der Waals surface area contributed by atoms with Gasteiger partial charge in [-0.1, -0.05) is 0 Å². The Bertz CT molecular complexity index is 332. The monoisotopic (exact) mass is 273 g/mol. The maximum atomic E-state index is 11.7. The third-order valence-corrected chi connectivity index (χ3v) is 2.68. The standard InChI is InChI=1S/C13H23NO5/c1-5-18-11(16)10(15)9(8-6-7-8)14-12(17)19-13(2,3)4/h8-10,15H,5-7H2,1-4H3,(H,14,17)/t9-,10-/m0/s1. The van der Waals surface area contributed by atoms with Crippen molar-refractivity contribution >= 4 is 12.1 Å². The molecule has 2 atom stereocenters. The number of rotatable bonds is 5. The highest BCUT2D eigenvalue weighted by Crippen LogP contribution is 2.34. The van der Waals surface area contributed by atoms with Crippen LogP contribution < -0.4 is 5.32 Å². The summed E-state index contributed by atoms with van der Waals surface area (Å²) in [6.45, 7) is 7.11. The summed E-state index contributed by atoms with van der Waals surface area (Å²) >= 11 is 0. The zero-order valence-corrected chi connectivity index (χ0v) is 11.9. The second-order valence-electron chi connectivity index (χ2n) is 5.71. The van der Waals surface area contributed by atoms with Crippen LogP contribution in [-0.2, 0) is 14.3 Å². The van der Waals surface area contributed by atoms with E-state index in [0.717, 1.165) is 12.8 Å². The van der Waals surface area contributed by atoms with Crippen molar-refractivity contribution < 1.29 is 24.2 Å². The molecule has 0 aliphatic heterocycles. The first-order valence-electron chi connectivity index (χ1n) is 6.59. The van der Waals surface area contributed by atoms with Gasteiger partial charge in [0, 0.05) is 0 Å². The van der Waals surface area contributed by atoms with Crippen molar-refractivity contribution in [2.45, 2.75) is 58.3 Å². The summed E-state index contributed by atoms with van der Waals surface area (Å²) in [4.78, 5) is 23.2. The number of aliphatic hydroxyl groups excluding tert-OH is 1. The predicted molar refractivity (Wildman–Crippen MR) is 68.5 cm³/mol. The largest absolute Gasteiger partial charge is 0.464 e. The van der Waals surface area contributed by atoms with Gasteiger partial charge in [0.2, 0.25) is 0 Å². The third kappa shape index (κ3) is 5.46. The van der Waals surface area contributed by atoms with Crippen molar-refractivity contribution in [1.29, 1.82) is 0 Å². The van der Waals surface area contributed by atoms with Gasteiger partial charge < -0.3 is 19.9 Å². The zero-order valence-electron chi connectivity index (χ0n) is 11.9. The topological polar surface area (TPSA) is 84.9 Å². The lowest BCUT2D eigenvalue weighted by molar-refractivity contribution is -0.154. The molecular weight excluding hydrogens is 250 g/mol. The van der Waals surface area contributed by atoms with E-state index in [1.54, 1.807) is 27.7 Å². The summed E-state index contributed by atoms with van der Waals surface area (Å²) in [6.07, 6.45) is -0.235. The maximum Gasteiger partial charge on any atom is 0.407 e. The summed E-state index contributed by atoms with van der Waals surface area (Å²) in [5.74, 6) is -0.609. The molecule has 0 unspecified atom stereocenters. The minimum Gasteiger partial charge on any atom is -0.464 e. The maximum absolute atomic E-state index is 11.7. The van der Waals surface area contributed by atoms with E-state index >= 15 is 0 Å². The summed E-state index contributed by atoms with van der Waals surface area (Å²) in [7, 11) is 0. The molecule has 0 aromatic carbocycles. The van der Waals surface area contributed by atoms with Crippen LogP contribution in [0.3, 0.4) is 0 Å². The van der Waals surface area contributed by atoms with Crippen LogP contribution in [0.2, 0.25) is 0 Å². The molecule has 2 N–H and O–H groups in total. The first kappa shape index (κ1) is 15.8. The smallest absolute Gasteiger partial charge is 0.407 e. The van der Waals surface area contributed by atoms with Crippen LogP contribution in [0.25, 0.3) is 0 Å². The van der Waals surface area contributed by atoms with Crippen LogP contribution in [0, 0.1) is 5.92 Å². The highest BCUT2D eigenvalue weighted by Gasteiger charge is 2.41. The Morgan fingerprint density at radius 3 is 2.37 bits per heavy atom. The number of aliphatic hydroxyl groups is 1. The molecule has 0 aromatic rings. The van der Waals surface area contributed by atoms with Crippen LogP contribution in [0.1, 0.15) is 40.5 Å². The second-order valence-corrected chi connectivity index (χ2v) is 5.71. The minimum absolute atomic E-state index is 0.104. The Hall–Kier alpha value is -1.30. The number of ether oxygens (including phenoxy) is 2. The number of carbonyl (C=O) groups excluding carboxylic acids is 2. The molecule has 6 heteroatoms. The summed E-state index contributed by atoms with van der Waals surface area (Å²) in [5.41, 5.74) is -0.618. The molecule has 0 bridgehead atoms. The van der Waals surface area contributed by atoms with Crippen LogP contribution in [0.15, 0.2) is 0 Å². The lowest BCUT2D eigenvalue weighted by atomic mass is 10.1. The quantitative estimate of drug-likeness (QED) is 0.736. The van der Waals surface area contributed by atoms with Crippen molar-refractivity contribution in [3.63, 3.8) is 0 Å². The molecule has 0 aromatic heterocycles. The fraction of sp³-hybridized carbons (Fsp3) is 0.846. The Labute approximate surface area is 113 Å². The predicted octanol–water partition coefficient (Wildman–Crippen LogP) is 1.21. The number of hydrogen-bond donors (Lipinski definition) is 2. The Morgan fingerprint density at radius 1 is 1.37 bits per heavy atom. The lowest BCUT2D eigenvalue weighted by Gasteiger charge is -2.25. The molecule has 19 heavy (non-hydrogen) atoms. The molecule has 0 radical (unpaired) electrons. The number of hydrogen-bond acceptors (Lipinski definition) is 5.